The van der Waals surface area contributed by atoms with Crippen molar-refractivity contribution >= 4 is 17.1 Å². The van der Waals surface area contributed by atoms with Gasteiger partial charge in [-0.25, -0.2) is 9.78 Å². The van der Waals surface area contributed by atoms with E-state index in [0.29, 0.717) is 26.3 Å². The van der Waals surface area contributed by atoms with Crippen LogP contribution in [0.5, 0.6) is 0 Å². The fraction of sp³-hybridized carbons (Fsp3) is 0.529. The predicted octanol–water partition coefficient (Wildman–Crippen LogP) is 2.75. The van der Waals surface area contributed by atoms with Gasteiger partial charge in [-0.15, -0.1) is 0 Å². The number of carbonyl (C=O) groups is 1. The fourth-order valence-electron chi connectivity index (χ4n) is 2.91. The topological polar surface area (TPSA) is 67.6 Å². The number of fused-ring (bicyclic) bond motifs is 1. The molecule has 0 radical (unpaired) electrons. The van der Waals surface area contributed by atoms with Gasteiger partial charge in [-0.1, -0.05) is 12.1 Å². The summed E-state index contributed by atoms with van der Waals surface area (Å²) < 4.78 is 11.1. The number of piperidine rings is 1. The number of likely N-dealkylation sites (tertiary alicyclic amines) is 1. The Morgan fingerprint density at radius 1 is 1.48 bits per heavy atom. The third-order valence-corrected chi connectivity index (χ3v) is 4.10. The second kappa shape index (κ2) is 7.46. The number of oxazole rings is 1. The molecule has 1 saturated heterocycles. The normalized spacial score (nSPS) is 18.3. The number of benzene rings is 1. The van der Waals surface area contributed by atoms with Crippen LogP contribution in [0, 0.1) is 0 Å². The Labute approximate surface area is 135 Å². The number of urea groups is 1. The Hall–Kier alpha value is -2.08. The zero-order chi connectivity index (χ0) is 16.1. The van der Waals surface area contributed by atoms with Gasteiger partial charge in [-0.05, 0) is 31.9 Å². The molecule has 2 heterocycles. The average Bonchev–Trinajstić information content (AvgIpc) is 3.03. The molecule has 1 N–H and O–H groups in total. The van der Waals surface area contributed by atoms with Crippen LogP contribution < -0.4 is 5.32 Å². The molecule has 2 amide bonds. The summed E-state index contributed by atoms with van der Waals surface area (Å²) >= 11 is 0. The van der Waals surface area contributed by atoms with Crippen LogP contribution in [0.3, 0.4) is 0 Å². The summed E-state index contributed by atoms with van der Waals surface area (Å²) in [4.78, 5) is 18.6. The van der Waals surface area contributed by atoms with Crippen LogP contribution in [0.2, 0.25) is 0 Å². The molecule has 0 saturated carbocycles. The molecule has 1 aliphatic heterocycles. The Morgan fingerprint density at radius 2 is 2.35 bits per heavy atom. The van der Waals surface area contributed by atoms with E-state index in [4.69, 9.17) is 9.15 Å². The standard InChI is InChI=1S/C17H23N3O3/c1-2-22-11-9-18-17(21)20-10-5-6-13(12-20)16-19-14-7-3-4-8-15(14)23-16/h3-4,7-8,13H,2,5-6,9-12H2,1H3,(H,18,21). The SMILES string of the molecule is CCOCCNC(=O)N1CCCC(c2nc3ccccc3o2)C1. The van der Waals surface area contributed by atoms with Crippen LogP contribution in [0.1, 0.15) is 31.6 Å². The van der Waals surface area contributed by atoms with Gasteiger partial charge in [0.25, 0.3) is 0 Å². The van der Waals surface area contributed by atoms with Gasteiger partial charge in [-0.3, -0.25) is 0 Å². The van der Waals surface area contributed by atoms with E-state index in [1.165, 1.54) is 0 Å². The number of amides is 2. The maximum atomic E-state index is 12.2. The van der Waals surface area contributed by atoms with Crippen LogP contribution in [-0.4, -0.2) is 48.8 Å². The average molecular weight is 317 g/mol. The first-order valence-electron chi connectivity index (χ1n) is 8.24. The molecule has 0 aliphatic carbocycles. The number of carbonyl (C=O) groups excluding carboxylic acids is 1. The number of hydrogen-bond donors (Lipinski definition) is 1. The molecule has 3 rings (SSSR count). The summed E-state index contributed by atoms with van der Waals surface area (Å²) in [6.45, 7) is 5.11. The third-order valence-electron chi connectivity index (χ3n) is 4.10. The van der Waals surface area contributed by atoms with E-state index in [2.05, 4.69) is 10.3 Å². The highest BCUT2D eigenvalue weighted by Gasteiger charge is 2.27. The lowest BCUT2D eigenvalue weighted by Gasteiger charge is -2.31. The number of nitrogens with one attached hydrogen (secondary N) is 1. The lowest BCUT2D eigenvalue weighted by Crippen LogP contribution is -2.45. The van der Waals surface area contributed by atoms with Crippen molar-refractivity contribution in [3.63, 3.8) is 0 Å². The van der Waals surface area contributed by atoms with Crippen molar-refractivity contribution in [3.8, 4) is 0 Å². The Bertz CT molecular complexity index is 622. The monoisotopic (exact) mass is 317 g/mol. The molecule has 23 heavy (non-hydrogen) atoms. The Kier molecular flexibility index (Phi) is 5.12. The second-order valence-electron chi connectivity index (χ2n) is 5.73. The van der Waals surface area contributed by atoms with Crippen molar-refractivity contribution in [2.45, 2.75) is 25.7 Å². The first-order valence-corrected chi connectivity index (χ1v) is 8.24. The zero-order valence-electron chi connectivity index (χ0n) is 13.5. The number of rotatable bonds is 5. The molecule has 124 valence electrons. The van der Waals surface area contributed by atoms with Gasteiger partial charge >= 0.3 is 6.03 Å². The van der Waals surface area contributed by atoms with E-state index in [9.17, 15) is 4.79 Å². The number of hydrogen-bond acceptors (Lipinski definition) is 4. The molecule has 1 atom stereocenters. The van der Waals surface area contributed by atoms with Crippen molar-refractivity contribution in [1.29, 1.82) is 0 Å². The molecular formula is C17H23N3O3. The summed E-state index contributed by atoms with van der Waals surface area (Å²) in [6, 6.07) is 7.73. The third kappa shape index (κ3) is 3.82. The van der Waals surface area contributed by atoms with Gasteiger partial charge in [0.2, 0.25) is 0 Å². The van der Waals surface area contributed by atoms with E-state index in [0.717, 1.165) is 36.4 Å². The summed E-state index contributed by atoms with van der Waals surface area (Å²) in [5.74, 6) is 0.895. The van der Waals surface area contributed by atoms with Gasteiger partial charge in [0.15, 0.2) is 11.5 Å². The van der Waals surface area contributed by atoms with Crippen LogP contribution in [-0.2, 0) is 4.74 Å². The van der Waals surface area contributed by atoms with Gasteiger partial charge in [0, 0.05) is 26.2 Å². The van der Waals surface area contributed by atoms with Crippen molar-refractivity contribution in [1.82, 2.24) is 15.2 Å². The largest absolute Gasteiger partial charge is 0.440 e. The maximum Gasteiger partial charge on any atom is 0.317 e. The van der Waals surface area contributed by atoms with E-state index in [1.54, 1.807) is 0 Å². The molecular weight excluding hydrogens is 294 g/mol. The molecule has 0 spiro atoms. The molecule has 1 aromatic carbocycles. The molecule has 0 bridgehead atoms. The minimum absolute atomic E-state index is 0.0366. The predicted molar refractivity (Wildman–Crippen MR) is 87.4 cm³/mol. The highest BCUT2D eigenvalue weighted by molar-refractivity contribution is 5.74. The second-order valence-corrected chi connectivity index (χ2v) is 5.73. The molecule has 1 unspecified atom stereocenters. The van der Waals surface area contributed by atoms with Crippen LogP contribution in [0.25, 0.3) is 11.1 Å². The minimum atomic E-state index is -0.0366. The van der Waals surface area contributed by atoms with Gasteiger partial charge in [0.05, 0.1) is 12.5 Å². The number of nitrogens with zero attached hydrogens (tertiary/aromatic N) is 2. The Morgan fingerprint density at radius 3 is 3.17 bits per heavy atom. The smallest absolute Gasteiger partial charge is 0.317 e. The lowest BCUT2D eigenvalue weighted by atomic mass is 9.98. The van der Waals surface area contributed by atoms with E-state index < -0.39 is 0 Å². The van der Waals surface area contributed by atoms with Gasteiger partial charge in [0.1, 0.15) is 5.52 Å². The summed E-state index contributed by atoms with van der Waals surface area (Å²) in [5, 5.41) is 2.90. The quantitative estimate of drug-likeness (QED) is 0.861. The van der Waals surface area contributed by atoms with E-state index in [-0.39, 0.29) is 11.9 Å². The molecule has 1 aromatic heterocycles. The van der Waals surface area contributed by atoms with Crippen LogP contribution in [0.15, 0.2) is 28.7 Å². The summed E-state index contributed by atoms with van der Waals surface area (Å²) in [5.41, 5.74) is 1.68. The van der Waals surface area contributed by atoms with Crippen LogP contribution >= 0.6 is 0 Å². The highest BCUT2D eigenvalue weighted by Crippen LogP contribution is 2.28. The molecule has 6 nitrogen and oxygen atoms in total. The van der Waals surface area contributed by atoms with Crippen molar-refractivity contribution in [2.75, 3.05) is 32.8 Å². The van der Waals surface area contributed by atoms with Crippen LogP contribution in [0.4, 0.5) is 4.79 Å². The fourth-order valence-corrected chi connectivity index (χ4v) is 2.91. The van der Waals surface area contributed by atoms with E-state index in [1.807, 2.05) is 36.1 Å². The molecule has 1 fully saturated rings. The van der Waals surface area contributed by atoms with Gasteiger partial charge in [-0.2, -0.15) is 0 Å². The highest BCUT2D eigenvalue weighted by atomic mass is 16.5. The summed E-state index contributed by atoms with van der Waals surface area (Å²) in [7, 11) is 0. The number of para-hydroxylation sites is 2. The number of aromatic nitrogens is 1. The van der Waals surface area contributed by atoms with Gasteiger partial charge < -0.3 is 19.4 Å². The first kappa shape index (κ1) is 15.8. The van der Waals surface area contributed by atoms with E-state index >= 15 is 0 Å². The van der Waals surface area contributed by atoms with Crippen molar-refractivity contribution in [2.24, 2.45) is 0 Å². The number of ether oxygens (including phenoxy) is 1. The lowest BCUT2D eigenvalue weighted by molar-refractivity contribution is 0.141. The van der Waals surface area contributed by atoms with Crippen molar-refractivity contribution in [3.05, 3.63) is 30.2 Å². The molecule has 6 heteroatoms. The molecule has 1 aliphatic rings. The maximum absolute atomic E-state index is 12.2. The zero-order valence-corrected chi connectivity index (χ0v) is 13.5. The minimum Gasteiger partial charge on any atom is -0.440 e. The Balaban J connectivity index is 1.60. The van der Waals surface area contributed by atoms with Crippen molar-refractivity contribution < 1.29 is 13.9 Å². The molecule has 2 aromatic rings. The summed E-state index contributed by atoms with van der Waals surface area (Å²) in [6.07, 6.45) is 1.96. The first-order chi connectivity index (χ1) is 11.3.